The number of hydrogen-bond acceptors (Lipinski definition) is 4. The third-order valence-electron chi connectivity index (χ3n) is 3.25. The van der Waals surface area contributed by atoms with Gasteiger partial charge in [0, 0.05) is 5.92 Å². The second-order valence-corrected chi connectivity index (χ2v) is 5.97. The number of hydrogen-bond donors (Lipinski definition) is 1. The van der Waals surface area contributed by atoms with Crippen molar-refractivity contribution in [1.29, 1.82) is 0 Å². The van der Waals surface area contributed by atoms with E-state index < -0.39 is 11.7 Å². The van der Waals surface area contributed by atoms with Gasteiger partial charge in [-0.05, 0) is 40.0 Å². The molecule has 0 aromatic carbocycles. The smallest absolute Gasteiger partial charge is 0.407 e. The van der Waals surface area contributed by atoms with E-state index >= 15 is 0 Å². The van der Waals surface area contributed by atoms with Gasteiger partial charge in [0.05, 0.1) is 12.3 Å². The molecule has 0 spiro atoms. The van der Waals surface area contributed by atoms with Crippen LogP contribution in [-0.2, 0) is 9.57 Å². The Hall–Kier alpha value is -1.26. The molecule has 2 aliphatic rings. The summed E-state index contributed by atoms with van der Waals surface area (Å²) in [6, 6.07) is 0. The van der Waals surface area contributed by atoms with Crippen LogP contribution in [0, 0.1) is 5.92 Å². The van der Waals surface area contributed by atoms with Crippen molar-refractivity contribution >= 4 is 11.8 Å². The topological polar surface area (TPSA) is 59.9 Å². The van der Waals surface area contributed by atoms with E-state index in [0.717, 1.165) is 18.6 Å². The number of amides is 1. The van der Waals surface area contributed by atoms with Gasteiger partial charge in [0.25, 0.3) is 0 Å². The van der Waals surface area contributed by atoms with Crippen LogP contribution in [0.1, 0.15) is 46.5 Å². The highest BCUT2D eigenvalue weighted by atomic mass is 16.6. The fourth-order valence-corrected chi connectivity index (χ4v) is 2.45. The minimum atomic E-state index is -0.467. The Bertz CT molecular complexity index is 347. The Labute approximate surface area is 108 Å². The predicted molar refractivity (Wildman–Crippen MR) is 68.5 cm³/mol. The van der Waals surface area contributed by atoms with E-state index in [0.29, 0.717) is 12.5 Å². The summed E-state index contributed by atoms with van der Waals surface area (Å²) < 4.78 is 5.19. The zero-order valence-corrected chi connectivity index (χ0v) is 11.4. The molecule has 1 fully saturated rings. The van der Waals surface area contributed by atoms with E-state index in [1.807, 2.05) is 20.8 Å². The molecule has 0 unspecified atom stereocenters. The number of fused-ring (bicyclic) bond motifs is 1. The molecule has 2 atom stereocenters. The lowest BCUT2D eigenvalue weighted by Gasteiger charge is -2.24. The lowest BCUT2D eigenvalue weighted by atomic mass is 9.84. The third-order valence-corrected chi connectivity index (χ3v) is 3.25. The maximum Gasteiger partial charge on any atom is 0.407 e. The first kappa shape index (κ1) is 13.2. The molecule has 5 heteroatoms. The van der Waals surface area contributed by atoms with E-state index in [2.05, 4.69) is 10.5 Å². The van der Waals surface area contributed by atoms with Gasteiger partial charge in [0.15, 0.2) is 0 Å². The van der Waals surface area contributed by atoms with Gasteiger partial charge in [-0.15, -0.1) is 0 Å². The van der Waals surface area contributed by atoms with Gasteiger partial charge < -0.3 is 14.9 Å². The van der Waals surface area contributed by atoms with E-state index in [4.69, 9.17) is 9.57 Å². The van der Waals surface area contributed by atoms with Gasteiger partial charge >= 0.3 is 6.09 Å². The van der Waals surface area contributed by atoms with Crippen LogP contribution < -0.4 is 5.32 Å². The molecule has 0 bridgehead atoms. The summed E-state index contributed by atoms with van der Waals surface area (Å²) in [6.45, 7) is 5.97. The Kier molecular flexibility index (Phi) is 3.78. The van der Waals surface area contributed by atoms with Crippen LogP contribution in [0.15, 0.2) is 5.16 Å². The molecule has 0 saturated heterocycles. The molecule has 1 saturated carbocycles. The number of oxime groups is 1. The number of carbonyl (C=O) groups is 1. The number of ether oxygens (including phenoxy) is 1. The molecule has 0 aromatic rings. The minimum Gasteiger partial charge on any atom is -0.444 e. The number of rotatable bonds is 2. The molecule has 1 N–H and O–H groups in total. The molecule has 102 valence electrons. The summed E-state index contributed by atoms with van der Waals surface area (Å²) in [5.74, 6) is 0.383. The largest absolute Gasteiger partial charge is 0.444 e. The molecular weight excluding hydrogens is 232 g/mol. The molecule has 1 amide bonds. The lowest BCUT2D eigenvalue weighted by molar-refractivity contribution is 0.0396. The van der Waals surface area contributed by atoms with Crippen molar-refractivity contribution in [3.63, 3.8) is 0 Å². The molecule has 5 nitrogen and oxygen atoms in total. The van der Waals surface area contributed by atoms with Gasteiger partial charge in [0.1, 0.15) is 11.7 Å². The number of alkyl carbamates (subject to hydrolysis) is 1. The van der Waals surface area contributed by atoms with Crippen LogP contribution in [-0.4, -0.2) is 30.1 Å². The molecule has 1 aliphatic heterocycles. The van der Waals surface area contributed by atoms with Crippen LogP contribution in [0.25, 0.3) is 0 Å². The van der Waals surface area contributed by atoms with Crippen molar-refractivity contribution in [1.82, 2.24) is 5.32 Å². The Balaban J connectivity index is 1.79. The molecule has 1 heterocycles. The SMILES string of the molecule is CC(C)(C)OC(=O)NCC1=NO[C@@H]2CCCC[C@H]12. The van der Waals surface area contributed by atoms with Gasteiger partial charge in [-0.3, -0.25) is 0 Å². The summed E-state index contributed by atoms with van der Waals surface area (Å²) in [5, 5.41) is 6.84. The summed E-state index contributed by atoms with van der Waals surface area (Å²) in [4.78, 5) is 16.9. The average Bonchev–Trinajstić information content (AvgIpc) is 2.67. The fraction of sp³-hybridized carbons (Fsp3) is 0.846. The Morgan fingerprint density at radius 1 is 1.44 bits per heavy atom. The van der Waals surface area contributed by atoms with Crippen molar-refractivity contribution in [3.8, 4) is 0 Å². The molecule has 1 aliphatic carbocycles. The van der Waals surface area contributed by atoms with Crippen molar-refractivity contribution in [2.75, 3.05) is 6.54 Å². The van der Waals surface area contributed by atoms with E-state index in [-0.39, 0.29) is 6.10 Å². The van der Waals surface area contributed by atoms with E-state index in [1.54, 1.807) is 0 Å². The van der Waals surface area contributed by atoms with Crippen molar-refractivity contribution in [2.45, 2.75) is 58.2 Å². The summed E-state index contributed by atoms with van der Waals surface area (Å²) >= 11 is 0. The fourth-order valence-electron chi connectivity index (χ4n) is 2.45. The highest BCUT2D eigenvalue weighted by molar-refractivity contribution is 5.91. The molecule has 0 radical (unpaired) electrons. The summed E-state index contributed by atoms with van der Waals surface area (Å²) in [7, 11) is 0. The first-order chi connectivity index (χ1) is 8.46. The predicted octanol–water partition coefficient (Wildman–Crippen LogP) is 2.46. The monoisotopic (exact) mass is 254 g/mol. The van der Waals surface area contributed by atoms with E-state index in [9.17, 15) is 4.79 Å². The van der Waals surface area contributed by atoms with Crippen LogP contribution >= 0.6 is 0 Å². The summed E-state index contributed by atoms with van der Waals surface area (Å²) in [5.41, 5.74) is 0.483. The van der Waals surface area contributed by atoms with Crippen LogP contribution in [0.2, 0.25) is 0 Å². The zero-order valence-electron chi connectivity index (χ0n) is 11.4. The molecule has 2 rings (SSSR count). The highest BCUT2D eigenvalue weighted by Crippen LogP contribution is 2.32. The van der Waals surface area contributed by atoms with Crippen LogP contribution in [0.4, 0.5) is 4.79 Å². The maximum atomic E-state index is 11.5. The third kappa shape index (κ3) is 3.37. The van der Waals surface area contributed by atoms with Crippen molar-refractivity contribution in [2.24, 2.45) is 11.1 Å². The van der Waals surface area contributed by atoms with Crippen molar-refractivity contribution < 1.29 is 14.4 Å². The number of nitrogens with zero attached hydrogens (tertiary/aromatic N) is 1. The van der Waals surface area contributed by atoms with Crippen LogP contribution in [0.3, 0.4) is 0 Å². The van der Waals surface area contributed by atoms with Gasteiger partial charge in [-0.2, -0.15) is 0 Å². The summed E-state index contributed by atoms with van der Waals surface area (Å²) in [6.07, 6.45) is 4.45. The number of nitrogens with one attached hydrogen (secondary N) is 1. The highest BCUT2D eigenvalue weighted by Gasteiger charge is 2.35. The first-order valence-electron chi connectivity index (χ1n) is 6.65. The van der Waals surface area contributed by atoms with Crippen LogP contribution in [0.5, 0.6) is 0 Å². The molecular formula is C13H22N2O3. The van der Waals surface area contributed by atoms with Gasteiger partial charge in [0.2, 0.25) is 0 Å². The second kappa shape index (κ2) is 5.16. The van der Waals surface area contributed by atoms with Gasteiger partial charge in [-0.25, -0.2) is 4.79 Å². The Morgan fingerprint density at radius 2 is 2.17 bits per heavy atom. The van der Waals surface area contributed by atoms with Crippen molar-refractivity contribution in [3.05, 3.63) is 0 Å². The maximum absolute atomic E-state index is 11.5. The lowest BCUT2D eigenvalue weighted by Crippen LogP contribution is -2.38. The first-order valence-corrected chi connectivity index (χ1v) is 6.65. The standard InChI is InChI=1S/C13H22N2O3/c1-13(2,3)17-12(16)14-8-10-9-6-4-5-7-11(9)18-15-10/h9,11H,4-8H2,1-3H3,(H,14,16)/t9-,11-/m1/s1. The molecule has 0 aromatic heterocycles. The number of carbonyl (C=O) groups excluding carboxylic acids is 1. The minimum absolute atomic E-state index is 0.231. The zero-order chi connectivity index (χ0) is 13.2. The quantitative estimate of drug-likeness (QED) is 0.823. The second-order valence-electron chi connectivity index (χ2n) is 5.97. The van der Waals surface area contributed by atoms with E-state index in [1.165, 1.54) is 12.8 Å². The normalized spacial score (nSPS) is 26.9. The Morgan fingerprint density at radius 3 is 2.89 bits per heavy atom. The van der Waals surface area contributed by atoms with Gasteiger partial charge in [-0.1, -0.05) is 11.6 Å². The molecule has 18 heavy (non-hydrogen) atoms. The average molecular weight is 254 g/mol.